The van der Waals surface area contributed by atoms with Crippen LogP contribution in [0.2, 0.25) is 0 Å². The first-order valence-corrected chi connectivity index (χ1v) is 8.20. The Labute approximate surface area is 149 Å². The van der Waals surface area contributed by atoms with E-state index in [1.165, 1.54) is 0 Å². The molecule has 6 heteroatoms. The molecule has 2 aromatic heterocycles. The molecule has 6 nitrogen and oxygen atoms in total. The third kappa shape index (κ3) is 2.43. The van der Waals surface area contributed by atoms with Crippen molar-refractivity contribution in [1.82, 2.24) is 15.0 Å². The number of hydrogen-bond donors (Lipinski definition) is 1. The maximum absolute atomic E-state index is 5.44. The van der Waals surface area contributed by atoms with Crippen molar-refractivity contribution >= 4 is 11.2 Å². The first-order valence-electron chi connectivity index (χ1n) is 8.20. The first-order chi connectivity index (χ1) is 12.8. The van der Waals surface area contributed by atoms with Crippen LogP contribution in [-0.2, 0) is 0 Å². The standard InChI is InChI=1S/C20H15N3O3/c1-24-15-4-2-3-12(7-15)14-8-16-20(21-10-14)23-19(22-16)13-5-6-17-18(9-13)26-11-25-17/h2-10H,11H2,1H3,(H,21,22,23). The number of nitrogens with one attached hydrogen (secondary N) is 1. The van der Waals surface area contributed by atoms with Crippen molar-refractivity contribution in [2.45, 2.75) is 0 Å². The first kappa shape index (κ1) is 14.8. The number of H-pyrrole nitrogens is 1. The van der Waals surface area contributed by atoms with Gasteiger partial charge in [0, 0.05) is 17.3 Å². The number of imidazole rings is 1. The molecule has 1 N–H and O–H groups in total. The van der Waals surface area contributed by atoms with Crippen LogP contribution in [0.25, 0.3) is 33.7 Å². The maximum Gasteiger partial charge on any atom is 0.231 e. The summed E-state index contributed by atoms with van der Waals surface area (Å²) in [5.41, 5.74) is 4.49. The van der Waals surface area contributed by atoms with Gasteiger partial charge in [-0.25, -0.2) is 9.97 Å². The van der Waals surface area contributed by atoms with Crippen molar-refractivity contribution in [2.75, 3.05) is 13.9 Å². The lowest BCUT2D eigenvalue weighted by atomic mass is 10.1. The minimum absolute atomic E-state index is 0.254. The molecule has 5 rings (SSSR count). The van der Waals surface area contributed by atoms with Crippen LogP contribution in [-0.4, -0.2) is 28.9 Å². The SMILES string of the molecule is COc1cccc(-c2cnc3[nH]c(-c4ccc5c(c4)OCO5)nc3c2)c1. The average molecular weight is 345 g/mol. The van der Waals surface area contributed by atoms with E-state index in [1.807, 2.05) is 54.7 Å². The number of methoxy groups -OCH3 is 1. The Morgan fingerprint density at radius 3 is 2.81 bits per heavy atom. The fraction of sp³-hybridized carbons (Fsp3) is 0.100. The summed E-state index contributed by atoms with van der Waals surface area (Å²) >= 11 is 0. The largest absolute Gasteiger partial charge is 0.497 e. The predicted molar refractivity (Wildman–Crippen MR) is 97.4 cm³/mol. The van der Waals surface area contributed by atoms with Gasteiger partial charge in [0.1, 0.15) is 17.1 Å². The maximum atomic E-state index is 5.44. The lowest BCUT2D eigenvalue weighted by molar-refractivity contribution is 0.174. The second-order valence-corrected chi connectivity index (χ2v) is 5.98. The third-order valence-electron chi connectivity index (χ3n) is 4.39. The van der Waals surface area contributed by atoms with E-state index in [-0.39, 0.29) is 6.79 Å². The van der Waals surface area contributed by atoms with Gasteiger partial charge in [-0.3, -0.25) is 0 Å². The Balaban J connectivity index is 1.56. The quantitative estimate of drug-likeness (QED) is 0.607. The van der Waals surface area contributed by atoms with Crippen molar-refractivity contribution in [3.05, 3.63) is 54.7 Å². The molecule has 0 radical (unpaired) electrons. The molecule has 2 aromatic carbocycles. The lowest BCUT2D eigenvalue weighted by Crippen LogP contribution is -1.92. The van der Waals surface area contributed by atoms with Crippen LogP contribution in [0.4, 0.5) is 0 Å². The molecule has 128 valence electrons. The van der Waals surface area contributed by atoms with Gasteiger partial charge in [0.2, 0.25) is 6.79 Å². The molecule has 0 unspecified atom stereocenters. The zero-order valence-corrected chi connectivity index (χ0v) is 14.0. The summed E-state index contributed by atoms with van der Waals surface area (Å²) in [6.07, 6.45) is 1.83. The Morgan fingerprint density at radius 2 is 1.88 bits per heavy atom. The van der Waals surface area contributed by atoms with Crippen molar-refractivity contribution in [2.24, 2.45) is 0 Å². The summed E-state index contributed by atoms with van der Waals surface area (Å²) in [6, 6.07) is 15.7. The van der Waals surface area contributed by atoms with E-state index in [1.54, 1.807) is 7.11 Å². The number of fused-ring (bicyclic) bond motifs is 2. The van der Waals surface area contributed by atoms with Gasteiger partial charge < -0.3 is 19.2 Å². The Bertz CT molecular complexity index is 1120. The van der Waals surface area contributed by atoms with E-state index in [9.17, 15) is 0 Å². The van der Waals surface area contributed by atoms with E-state index >= 15 is 0 Å². The van der Waals surface area contributed by atoms with Gasteiger partial charge in [-0.05, 0) is 42.0 Å². The van der Waals surface area contributed by atoms with Crippen LogP contribution in [0.15, 0.2) is 54.7 Å². The predicted octanol–water partition coefficient (Wildman–Crippen LogP) is 4.03. The second-order valence-electron chi connectivity index (χ2n) is 5.98. The smallest absolute Gasteiger partial charge is 0.231 e. The molecular formula is C20H15N3O3. The number of aromatic nitrogens is 3. The number of pyridine rings is 1. The molecule has 0 bridgehead atoms. The summed E-state index contributed by atoms with van der Waals surface area (Å²) < 4.78 is 16.1. The van der Waals surface area contributed by atoms with E-state index in [0.29, 0.717) is 0 Å². The summed E-state index contributed by atoms with van der Waals surface area (Å²) in [6.45, 7) is 0.254. The summed E-state index contributed by atoms with van der Waals surface area (Å²) in [7, 11) is 1.66. The molecule has 0 atom stereocenters. The van der Waals surface area contributed by atoms with Gasteiger partial charge >= 0.3 is 0 Å². The zero-order chi connectivity index (χ0) is 17.5. The van der Waals surface area contributed by atoms with Crippen LogP contribution < -0.4 is 14.2 Å². The molecule has 4 aromatic rings. The van der Waals surface area contributed by atoms with Crippen molar-refractivity contribution in [3.8, 4) is 39.8 Å². The molecule has 3 heterocycles. The van der Waals surface area contributed by atoms with Crippen molar-refractivity contribution in [3.63, 3.8) is 0 Å². The van der Waals surface area contributed by atoms with E-state index in [0.717, 1.165) is 50.9 Å². The van der Waals surface area contributed by atoms with Gasteiger partial charge in [-0.1, -0.05) is 12.1 Å². The average Bonchev–Trinajstić information content (AvgIpc) is 3.33. The molecule has 1 aliphatic heterocycles. The Kier molecular flexibility index (Phi) is 3.28. The second kappa shape index (κ2) is 5.77. The number of aromatic amines is 1. The van der Waals surface area contributed by atoms with Crippen molar-refractivity contribution in [1.29, 1.82) is 0 Å². The number of rotatable bonds is 3. The number of hydrogen-bond acceptors (Lipinski definition) is 5. The number of benzene rings is 2. The molecular weight excluding hydrogens is 330 g/mol. The van der Waals surface area contributed by atoms with Gasteiger partial charge in [-0.2, -0.15) is 0 Å². The van der Waals surface area contributed by atoms with E-state index in [4.69, 9.17) is 19.2 Å². The monoisotopic (exact) mass is 345 g/mol. The number of ether oxygens (including phenoxy) is 3. The molecule has 1 aliphatic rings. The van der Waals surface area contributed by atoms with Gasteiger partial charge in [-0.15, -0.1) is 0 Å². The van der Waals surface area contributed by atoms with Crippen LogP contribution in [0.3, 0.4) is 0 Å². The summed E-state index contributed by atoms with van der Waals surface area (Å²) in [4.78, 5) is 12.5. The van der Waals surface area contributed by atoms with Gasteiger partial charge in [0.15, 0.2) is 17.1 Å². The van der Waals surface area contributed by atoms with Gasteiger partial charge in [0.25, 0.3) is 0 Å². The Hall–Kier alpha value is -3.54. The third-order valence-corrected chi connectivity index (χ3v) is 4.39. The van der Waals surface area contributed by atoms with Crippen molar-refractivity contribution < 1.29 is 14.2 Å². The fourth-order valence-corrected chi connectivity index (χ4v) is 3.04. The molecule has 0 saturated heterocycles. The Morgan fingerprint density at radius 1 is 0.962 bits per heavy atom. The highest BCUT2D eigenvalue weighted by molar-refractivity contribution is 5.81. The van der Waals surface area contributed by atoms with E-state index in [2.05, 4.69) is 9.97 Å². The molecule has 0 spiro atoms. The van der Waals surface area contributed by atoms with Crippen LogP contribution in [0, 0.1) is 0 Å². The van der Waals surface area contributed by atoms with E-state index < -0.39 is 0 Å². The summed E-state index contributed by atoms with van der Waals surface area (Å²) in [5, 5.41) is 0. The highest BCUT2D eigenvalue weighted by Crippen LogP contribution is 2.35. The molecule has 0 aliphatic carbocycles. The summed E-state index contributed by atoms with van der Waals surface area (Å²) in [5.74, 6) is 3.04. The molecule has 0 fully saturated rings. The molecule has 0 saturated carbocycles. The highest BCUT2D eigenvalue weighted by atomic mass is 16.7. The minimum Gasteiger partial charge on any atom is -0.497 e. The highest BCUT2D eigenvalue weighted by Gasteiger charge is 2.16. The fourth-order valence-electron chi connectivity index (χ4n) is 3.04. The minimum atomic E-state index is 0.254. The molecule has 0 amide bonds. The van der Waals surface area contributed by atoms with Crippen LogP contribution >= 0.6 is 0 Å². The topological polar surface area (TPSA) is 69.3 Å². The van der Waals surface area contributed by atoms with Crippen LogP contribution in [0.1, 0.15) is 0 Å². The number of nitrogens with zero attached hydrogens (tertiary/aromatic N) is 2. The van der Waals surface area contributed by atoms with Gasteiger partial charge in [0.05, 0.1) is 7.11 Å². The zero-order valence-electron chi connectivity index (χ0n) is 14.0. The lowest BCUT2D eigenvalue weighted by Gasteiger charge is -2.04. The molecule has 26 heavy (non-hydrogen) atoms. The normalized spacial score (nSPS) is 12.5. The van der Waals surface area contributed by atoms with Crippen LogP contribution in [0.5, 0.6) is 17.2 Å².